The molecule has 0 aliphatic carbocycles. The second-order valence-electron chi connectivity index (χ2n) is 4.91. The minimum Gasteiger partial charge on any atom is -0.334 e. The monoisotopic (exact) mass is 327 g/mol. The number of amides is 1. The molecule has 1 heterocycles. The highest BCUT2D eigenvalue weighted by Gasteiger charge is 2.09. The molecule has 3 aromatic rings. The maximum absolute atomic E-state index is 12.2. The highest BCUT2D eigenvalue weighted by molar-refractivity contribution is 6.31. The van der Waals surface area contributed by atoms with E-state index in [1.54, 1.807) is 36.4 Å². The quantitative estimate of drug-likeness (QED) is 0.779. The molecule has 0 unspecified atom stereocenters. The number of anilines is 1. The van der Waals surface area contributed by atoms with Gasteiger partial charge < -0.3 is 9.84 Å². The predicted molar refractivity (Wildman–Crippen MR) is 88.5 cm³/mol. The van der Waals surface area contributed by atoms with Gasteiger partial charge in [-0.15, -0.1) is 0 Å². The summed E-state index contributed by atoms with van der Waals surface area (Å²) in [6.07, 6.45) is 0.720. The van der Waals surface area contributed by atoms with Crippen LogP contribution >= 0.6 is 11.6 Å². The number of hydrogen-bond donors (Lipinski definition) is 1. The molecular weight excluding hydrogens is 314 g/mol. The van der Waals surface area contributed by atoms with Crippen LogP contribution < -0.4 is 5.32 Å². The molecule has 116 valence electrons. The van der Waals surface area contributed by atoms with Gasteiger partial charge in [-0.3, -0.25) is 4.79 Å². The van der Waals surface area contributed by atoms with Crippen LogP contribution in [0.15, 0.2) is 53.1 Å². The van der Waals surface area contributed by atoms with Gasteiger partial charge in [-0.1, -0.05) is 29.7 Å². The van der Waals surface area contributed by atoms with Crippen molar-refractivity contribution in [3.8, 4) is 11.5 Å². The molecule has 1 amide bonds. The first-order valence-electron chi connectivity index (χ1n) is 7.15. The van der Waals surface area contributed by atoms with Gasteiger partial charge in [0, 0.05) is 28.3 Å². The zero-order valence-corrected chi connectivity index (χ0v) is 13.2. The van der Waals surface area contributed by atoms with Gasteiger partial charge in [-0.25, -0.2) is 0 Å². The zero-order valence-electron chi connectivity index (χ0n) is 12.4. The molecule has 2 aromatic carbocycles. The van der Waals surface area contributed by atoms with Crippen molar-refractivity contribution in [1.82, 2.24) is 10.1 Å². The standard InChI is InChI=1S/C17H14ClN3O2/c1-2-15-20-17(23-21-15)11-6-8-14(9-7-11)19-16(22)12-4-3-5-13(18)10-12/h3-10H,2H2,1H3,(H,19,22). The SMILES string of the molecule is CCc1noc(-c2ccc(NC(=O)c3cccc(Cl)c3)cc2)n1. The Hall–Kier alpha value is -2.66. The van der Waals surface area contributed by atoms with Crippen LogP contribution in [0.2, 0.25) is 5.02 Å². The fourth-order valence-electron chi connectivity index (χ4n) is 2.04. The first-order valence-corrected chi connectivity index (χ1v) is 7.53. The lowest BCUT2D eigenvalue weighted by atomic mass is 10.2. The summed E-state index contributed by atoms with van der Waals surface area (Å²) in [5.41, 5.74) is 1.98. The molecule has 0 spiro atoms. The van der Waals surface area contributed by atoms with Crippen molar-refractivity contribution in [2.45, 2.75) is 13.3 Å². The number of aryl methyl sites for hydroxylation is 1. The van der Waals surface area contributed by atoms with Crippen molar-refractivity contribution in [1.29, 1.82) is 0 Å². The van der Waals surface area contributed by atoms with Gasteiger partial charge >= 0.3 is 0 Å². The number of benzene rings is 2. The molecule has 5 nitrogen and oxygen atoms in total. The molecule has 0 bridgehead atoms. The number of nitrogens with one attached hydrogen (secondary N) is 1. The molecule has 0 aliphatic rings. The maximum Gasteiger partial charge on any atom is 0.257 e. The number of aromatic nitrogens is 2. The lowest BCUT2D eigenvalue weighted by Crippen LogP contribution is -2.11. The fraction of sp³-hybridized carbons (Fsp3) is 0.118. The number of carbonyl (C=O) groups excluding carboxylic acids is 1. The second kappa shape index (κ2) is 6.62. The van der Waals surface area contributed by atoms with Crippen molar-refractivity contribution in [2.24, 2.45) is 0 Å². The first kappa shape index (κ1) is 15.2. The molecule has 0 radical (unpaired) electrons. The molecule has 0 fully saturated rings. The summed E-state index contributed by atoms with van der Waals surface area (Å²) in [7, 11) is 0. The van der Waals surface area contributed by atoms with E-state index in [9.17, 15) is 4.79 Å². The van der Waals surface area contributed by atoms with Crippen LogP contribution in [0.25, 0.3) is 11.5 Å². The smallest absolute Gasteiger partial charge is 0.257 e. The normalized spacial score (nSPS) is 10.5. The van der Waals surface area contributed by atoms with Crippen molar-refractivity contribution >= 4 is 23.2 Å². The van der Waals surface area contributed by atoms with E-state index in [0.717, 1.165) is 12.0 Å². The highest BCUT2D eigenvalue weighted by Crippen LogP contribution is 2.20. The molecule has 0 aliphatic heterocycles. The van der Waals surface area contributed by atoms with Crippen LogP contribution in [0.4, 0.5) is 5.69 Å². The van der Waals surface area contributed by atoms with Crippen LogP contribution in [-0.4, -0.2) is 16.0 Å². The van der Waals surface area contributed by atoms with E-state index in [-0.39, 0.29) is 5.91 Å². The van der Waals surface area contributed by atoms with E-state index in [2.05, 4.69) is 15.5 Å². The summed E-state index contributed by atoms with van der Waals surface area (Å²) < 4.78 is 5.18. The number of rotatable bonds is 4. The van der Waals surface area contributed by atoms with Gasteiger partial charge in [0.15, 0.2) is 5.82 Å². The van der Waals surface area contributed by atoms with Crippen molar-refractivity contribution in [3.05, 3.63) is 64.9 Å². The lowest BCUT2D eigenvalue weighted by Gasteiger charge is -2.06. The topological polar surface area (TPSA) is 68.0 Å². The van der Waals surface area contributed by atoms with E-state index in [4.69, 9.17) is 16.1 Å². The molecule has 1 N–H and O–H groups in total. The van der Waals surface area contributed by atoms with Gasteiger partial charge in [0.05, 0.1) is 0 Å². The summed E-state index contributed by atoms with van der Waals surface area (Å²) in [4.78, 5) is 16.4. The summed E-state index contributed by atoms with van der Waals surface area (Å²) in [5, 5.41) is 7.20. The molecule has 3 rings (SSSR count). The highest BCUT2D eigenvalue weighted by atomic mass is 35.5. The van der Waals surface area contributed by atoms with Crippen LogP contribution in [0.5, 0.6) is 0 Å². The summed E-state index contributed by atoms with van der Waals surface area (Å²) in [5.74, 6) is 0.916. The van der Waals surface area contributed by atoms with E-state index in [1.807, 2.05) is 19.1 Å². The summed E-state index contributed by atoms with van der Waals surface area (Å²) in [6, 6.07) is 14.0. The maximum atomic E-state index is 12.2. The molecular formula is C17H14ClN3O2. The fourth-order valence-corrected chi connectivity index (χ4v) is 2.23. The largest absolute Gasteiger partial charge is 0.334 e. The van der Waals surface area contributed by atoms with Gasteiger partial charge in [0.1, 0.15) is 0 Å². The van der Waals surface area contributed by atoms with Gasteiger partial charge in [-0.2, -0.15) is 4.98 Å². The Labute approximate surface area is 138 Å². The average Bonchev–Trinajstić information content (AvgIpc) is 3.04. The Kier molecular flexibility index (Phi) is 4.39. The zero-order chi connectivity index (χ0) is 16.2. The summed E-state index contributed by atoms with van der Waals surface area (Å²) >= 11 is 5.89. The minimum atomic E-state index is -0.216. The van der Waals surface area contributed by atoms with Crippen LogP contribution in [0, 0.1) is 0 Å². The van der Waals surface area contributed by atoms with Gasteiger partial charge in [-0.05, 0) is 42.5 Å². The number of halogens is 1. The Balaban J connectivity index is 1.73. The minimum absolute atomic E-state index is 0.216. The Morgan fingerprint density at radius 2 is 2.00 bits per heavy atom. The molecule has 0 saturated carbocycles. The molecule has 6 heteroatoms. The third-order valence-electron chi connectivity index (χ3n) is 3.26. The van der Waals surface area contributed by atoms with E-state index in [1.165, 1.54) is 0 Å². The van der Waals surface area contributed by atoms with Crippen LogP contribution in [-0.2, 0) is 6.42 Å². The van der Waals surface area contributed by atoms with Gasteiger partial charge in [0.2, 0.25) is 0 Å². The molecule has 1 aromatic heterocycles. The molecule has 0 saturated heterocycles. The van der Waals surface area contributed by atoms with Gasteiger partial charge in [0.25, 0.3) is 11.8 Å². The van der Waals surface area contributed by atoms with E-state index < -0.39 is 0 Å². The van der Waals surface area contributed by atoms with Crippen LogP contribution in [0.3, 0.4) is 0 Å². The number of nitrogens with zero attached hydrogens (tertiary/aromatic N) is 2. The van der Waals surface area contributed by atoms with E-state index in [0.29, 0.717) is 28.0 Å². The number of hydrogen-bond acceptors (Lipinski definition) is 4. The van der Waals surface area contributed by atoms with Crippen molar-refractivity contribution in [3.63, 3.8) is 0 Å². The number of carbonyl (C=O) groups is 1. The Morgan fingerprint density at radius 3 is 2.65 bits per heavy atom. The lowest BCUT2D eigenvalue weighted by molar-refractivity contribution is 0.102. The second-order valence-corrected chi connectivity index (χ2v) is 5.35. The Bertz CT molecular complexity index is 828. The summed E-state index contributed by atoms with van der Waals surface area (Å²) in [6.45, 7) is 1.96. The van der Waals surface area contributed by atoms with Crippen molar-refractivity contribution < 1.29 is 9.32 Å². The van der Waals surface area contributed by atoms with Crippen molar-refractivity contribution in [2.75, 3.05) is 5.32 Å². The average molecular weight is 328 g/mol. The first-order chi connectivity index (χ1) is 11.2. The third kappa shape index (κ3) is 3.57. The molecule has 23 heavy (non-hydrogen) atoms. The van der Waals surface area contributed by atoms with E-state index >= 15 is 0 Å². The predicted octanol–water partition coefficient (Wildman–Crippen LogP) is 4.20. The molecule has 0 atom stereocenters. The Morgan fingerprint density at radius 1 is 1.22 bits per heavy atom. The van der Waals surface area contributed by atoms with Crippen LogP contribution in [0.1, 0.15) is 23.1 Å². The third-order valence-corrected chi connectivity index (χ3v) is 3.50.